The van der Waals surface area contributed by atoms with Crippen molar-refractivity contribution < 1.29 is 45.6 Å². The van der Waals surface area contributed by atoms with Gasteiger partial charge in [0, 0.05) is 0 Å². The van der Waals surface area contributed by atoms with Crippen LogP contribution in [0.3, 0.4) is 0 Å². The third-order valence-corrected chi connectivity index (χ3v) is 3.99. The van der Waals surface area contributed by atoms with Gasteiger partial charge in [-0.2, -0.15) is 26.3 Å². The SMILES string of the molecule is O=C(On1nnc2ccc(C(F)(F)F)cc21)C(=O)On1nnc2ccc(C(F)(F)F)cc21. The first-order chi connectivity index (χ1) is 14.9. The van der Waals surface area contributed by atoms with Gasteiger partial charge in [-0.3, -0.25) is 0 Å². The number of hydrogen-bond acceptors (Lipinski definition) is 8. The van der Waals surface area contributed by atoms with Crippen molar-refractivity contribution in [3.05, 3.63) is 47.5 Å². The van der Waals surface area contributed by atoms with Crippen LogP contribution in [0.1, 0.15) is 11.1 Å². The minimum Gasteiger partial charge on any atom is -0.305 e. The Bertz CT molecular complexity index is 1250. The number of fused-ring (bicyclic) bond motifs is 2. The first-order valence-corrected chi connectivity index (χ1v) is 8.24. The van der Waals surface area contributed by atoms with Crippen LogP contribution < -0.4 is 9.68 Å². The summed E-state index contributed by atoms with van der Waals surface area (Å²) in [7, 11) is 0. The van der Waals surface area contributed by atoms with Crippen LogP contribution in [0.25, 0.3) is 22.1 Å². The van der Waals surface area contributed by atoms with Crippen LogP contribution in [0.2, 0.25) is 0 Å². The van der Waals surface area contributed by atoms with Gasteiger partial charge in [-0.05, 0) is 46.8 Å². The summed E-state index contributed by atoms with van der Waals surface area (Å²) in [4.78, 5) is 33.6. The highest BCUT2D eigenvalue weighted by Crippen LogP contribution is 2.31. The van der Waals surface area contributed by atoms with Crippen molar-refractivity contribution in [2.45, 2.75) is 12.4 Å². The highest BCUT2D eigenvalue weighted by atomic mass is 19.4. The molecule has 166 valence electrons. The molecule has 16 heteroatoms. The van der Waals surface area contributed by atoms with E-state index in [-0.39, 0.29) is 31.8 Å². The normalized spacial score (nSPS) is 12.3. The van der Waals surface area contributed by atoms with Gasteiger partial charge in [0.1, 0.15) is 22.1 Å². The maximum absolute atomic E-state index is 12.9. The lowest BCUT2D eigenvalue weighted by Gasteiger charge is -2.07. The Morgan fingerprint density at radius 1 is 0.688 bits per heavy atom. The third-order valence-electron chi connectivity index (χ3n) is 3.99. The van der Waals surface area contributed by atoms with Crippen LogP contribution in [-0.4, -0.2) is 42.3 Å². The summed E-state index contributed by atoms with van der Waals surface area (Å²) < 4.78 is 77.2. The smallest absolute Gasteiger partial charge is 0.305 e. The van der Waals surface area contributed by atoms with E-state index in [9.17, 15) is 35.9 Å². The van der Waals surface area contributed by atoms with Crippen molar-refractivity contribution in [3.63, 3.8) is 0 Å². The molecule has 2 aromatic carbocycles. The molecule has 0 unspecified atom stereocenters. The van der Waals surface area contributed by atoms with E-state index in [1.807, 2.05) is 0 Å². The van der Waals surface area contributed by atoms with E-state index >= 15 is 0 Å². The predicted molar refractivity (Wildman–Crippen MR) is 88.2 cm³/mol. The lowest BCUT2D eigenvalue weighted by Crippen LogP contribution is -2.35. The molecule has 32 heavy (non-hydrogen) atoms. The van der Waals surface area contributed by atoms with Crippen LogP contribution in [0.5, 0.6) is 0 Å². The fourth-order valence-electron chi connectivity index (χ4n) is 2.52. The van der Waals surface area contributed by atoms with Gasteiger partial charge in [0.05, 0.1) is 11.1 Å². The molecule has 0 radical (unpaired) electrons. The van der Waals surface area contributed by atoms with Crippen molar-refractivity contribution >= 4 is 34.0 Å². The molecule has 4 rings (SSSR count). The molecule has 0 atom stereocenters. The standard InChI is InChI=1S/C16H6F6N6O4/c17-15(18,19)7-1-3-9-11(5-7)27(25-23-9)31-13(29)14(30)32-28-12-6-8(16(20,21)22)2-4-10(12)24-26-28/h1-6H. The lowest BCUT2D eigenvalue weighted by atomic mass is 10.2. The van der Waals surface area contributed by atoms with Crippen molar-refractivity contribution in [3.8, 4) is 0 Å². The Labute approximate surface area is 170 Å². The zero-order valence-electron chi connectivity index (χ0n) is 15.0. The topological polar surface area (TPSA) is 114 Å². The zero-order chi connectivity index (χ0) is 23.3. The number of carbonyl (C=O) groups excluding carboxylic acids is 2. The van der Waals surface area contributed by atoms with Crippen LogP contribution in [-0.2, 0) is 21.9 Å². The molecular weight excluding hydrogens is 454 g/mol. The minimum absolute atomic E-state index is 0.0823. The molecule has 0 spiro atoms. The van der Waals surface area contributed by atoms with Crippen molar-refractivity contribution in [2.24, 2.45) is 0 Å². The monoisotopic (exact) mass is 460 g/mol. The van der Waals surface area contributed by atoms with Crippen LogP contribution in [0.15, 0.2) is 36.4 Å². The van der Waals surface area contributed by atoms with Gasteiger partial charge in [-0.15, -0.1) is 10.2 Å². The van der Waals surface area contributed by atoms with Gasteiger partial charge >= 0.3 is 24.3 Å². The van der Waals surface area contributed by atoms with Gasteiger partial charge in [-0.25, -0.2) is 9.59 Å². The summed E-state index contributed by atoms with van der Waals surface area (Å²) in [5.74, 6) is -3.55. The lowest BCUT2D eigenvalue weighted by molar-refractivity contribution is -0.169. The first-order valence-electron chi connectivity index (χ1n) is 8.24. The highest BCUT2D eigenvalue weighted by Gasteiger charge is 2.33. The fraction of sp³-hybridized carbons (Fsp3) is 0.125. The van der Waals surface area contributed by atoms with E-state index in [0.29, 0.717) is 12.1 Å². The average Bonchev–Trinajstić information content (AvgIpc) is 3.30. The summed E-state index contributed by atoms with van der Waals surface area (Å²) in [5.41, 5.74) is -3.13. The minimum atomic E-state index is -4.71. The Morgan fingerprint density at radius 2 is 1.06 bits per heavy atom. The van der Waals surface area contributed by atoms with Crippen LogP contribution >= 0.6 is 0 Å². The molecule has 0 aliphatic rings. The summed E-state index contributed by atoms with van der Waals surface area (Å²) in [5, 5.41) is 13.6. The first kappa shape index (κ1) is 21.0. The van der Waals surface area contributed by atoms with E-state index in [2.05, 4.69) is 30.3 Å². The zero-order valence-corrected chi connectivity index (χ0v) is 15.0. The molecule has 0 N–H and O–H groups in total. The molecule has 0 bridgehead atoms. The fourth-order valence-corrected chi connectivity index (χ4v) is 2.52. The summed E-state index contributed by atoms with van der Waals surface area (Å²) >= 11 is 0. The number of carbonyl (C=O) groups is 2. The highest BCUT2D eigenvalue weighted by molar-refractivity contribution is 6.30. The third kappa shape index (κ3) is 3.88. The van der Waals surface area contributed by atoms with Gasteiger partial charge < -0.3 is 9.68 Å². The van der Waals surface area contributed by atoms with Gasteiger partial charge in [0.15, 0.2) is 0 Å². The molecule has 10 nitrogen and oxygen atoms in total. The van der Waals surface area contributed by atoms with Gasteiger partial charge in [0.25, 0.3) is 0 Å². The largest absolute Gasteiger partial charge is 0.445 e. The van der Waals surface area contributed by atoms with E-state index in [0.717, 1.165) is 24.3 Å². The molecule has 0 saturated carbocycles. The number of rotatable bonds is 2. The molecule has 0 saturated heterocycles. The summed E-state index contributed by atoms with van der Waals surface area (Å²) in [6, 6.07) is 4.54. The number of hydrogen-bond donors (Lipinski definition) is 0. The Morgan fingerprint density at radius 3 is 1.41 bits per heavy atom. The number of aromatic nitrogens is 6. The number of halogens is 6. The van der Waals surface area contributed by atoms with Crippen LogP contribution in [0, 0.1) is 0 Å². The van der Waals surface area contributed by atoms with Crippen molar-refractivity contribution in [1.29, 1.82) is 0 Å². The number of benzene rings is 2. The Hall–Kier alpha value is -4.24. The summed E-state index contributed by atoms with van der Waals surface area (Å²) in [6.45, 7) is 0. The van der Waals surface area contributed by atoms with E-state index in [4.69, 9.17) is 0 Å². The second kappa shape index (κ2) is 7.17. The van der Waals surface area contributed by atoms with E-state index in [1.54, 1.807) is 0 Å². The van der Waals surface area contributed by atoms with Crippen LogP contribution in [0.4, 0.5) is 26.3 Å². The van der Waals surface area contributed by atoms with Gasteiger partial charge in [0.2, 0.25) is 0 Å². The maximum atomic E-state index is 12.9. The second-order valence-corrected chi connectivity index (χ2v) is 6.08. The molecule has 2 heterocycles. The Balaban J connectivity index is 1.56. The van der Waals surface area contributed by atoms with Crippen molar-refractivity contribution in [1.82, 2.24) is 30.3 Å². The number of nitrogens with zero attached hydrogens (tertiary/aromatic N) is 6. The molecule has 0 aliphatic carbocycles. The summed E-state index contributed by atoms with van der Waals surface area (Å²) in [6.07, 6.45) is -9.43. The van der Waals surface area contributed by atoms with Gasteiger partial charge in [-0.1, -0.05) is 9.69 Å². The predicted octanol–water partition coefficient (Wildman–Crippen LogP) is 1.82. The molecule has 2 aromatic heterocycles. The Kier molecular flexibility index (Phi) is 4.71. The molecular formula is C16H6F6N6O4. The molecule has 0 aliphatic heterocycles. The van der Waals surface area contributed by atoms with Crippen molar-refractivity contribution in [2.75, 3.05) is 0 Å². The maximum Gasteiger partial charge on any atom is 0.445 e. The molecule has 4 aromatic rings. The number of alkyl halides is 6. The second-order valence-electron chi connectivity index (χ2n) is 6.08. The average molecular weight is 460 g/mol. The van der Waals surface area contributed by atoms with E-state index < -0.39 is 35.4 Å². The van der Waals surface area contributed by atoms with E-state index in [1.165, 1.54) is 0 Å². The quantitative estimate of drug-likeness (QED) is 0.253. The molecule has 0 fully saturated rings. The molecule has 0 amide bonds.